The predicted octanol–water partition coefficient (Wildman–Crippen LogP) is 4.80. The van der Waals surface area contributed by atoms with Gasteiger partial charge in [0.2, 0.25) is 5.91 Å². The van der Waals surface area contributed by atoms with Crippen molar-refractivity contribution in [3.63, 3.8) is 0 Å². The molecule has 1 aliphatic rings. The molecule has 1 atom stereocenters. The first-order valence-electron chi connectivity index (χ1n) is 10.6. The predicted molar refractivity (Wildman–Crippen MR) is 131 cm³/mol. The minimum atomic E-state index is -0.371. The minimum absolute atomic E-state index is 0.132. The minimum Gasteiger partial charge on any atom is -0.497 e. The Morgan fingerprint density at radius 2 is 1.79 bits per heavy atom. The third-order valence-corrected chi connectivity index (χ3v) is 6.48. The summed E-state index contributed by atoms with van der Waals surface area (Å²) in [5.74, 6) is -0.0767. The number of hydrogen-bond acceptors (Lipinski definition) is 5. The van der Waals surface area contributed by atoms with Crippen molar-refractivity contribution in [1.29, 1.82) is 0 Å². The van der Waals surface area contributed by atoms with Crippen LogP contribution in [0.3, 0.4) is 0 Å². The first kappa shape index (κ1) is 22.6. The van der Waals surface area contributed by atoms with Crippen LogP contribution in [0.5, 0.6) is 5.75 Å². The lowest BCUT2D eigenvalue weighted by atomic mass is 9.97. The lowest BCUT2D eigenvalue weighted by molar-refractivity contribution is -0.124. The number of fused-ring (bicyclic) bond motifs is 1. The van der Waals surface area contributed by atoms with Gasteiger partial charge in [-0.2, -0.15) is 0 Å². The number of ether oxygens (including phenoxy) is 1. The third-order valence-electron chi connectivity index (χ3n) is 5.57. The Hall–Kier alpha value is -3.58. The molecule has 3 amide bonds. The van der Waals surface area contributed by atoms with Crippen molar-refractivity contribution in [2.45, 2.75) is 12.8 Å². The molecule has 7 heteroatoms. The Bertz CT molecular complexity index is 1240. The van der Waals surface area contributed by atoms with E-state index in [1.807, 2.05) is 73.7 Å². The number of carbonyl (C=O) groups excluding carboxylic acids is 3. The molecule has 168 valence electrons. The molecule has 1 heterocycles. The van der Waals surface area contributed by atoms with Crippen LogP contribution in [0.15, 0.2) is 71.6 Å². The highest BCUT2D eigenvalue weighted by atomic mass is 32.2. The first-order chi connectivity index (χ1) is 16.0. The summed E-state index contributed by atoms with van der Waals surface area (Å²) in [7, 11) is 1.63. The monoisotopic (exact) mass is 460 g/mol. The van der Waals surface area contributed by atoms with E-state index >= 15 is 0 Å². The largest absolute Gasteiger partial charge is 0.497 e. The van der Waals surface area contributed by atoms with E-state index in [2.05, 4.69) is 5.32 Å². The number of methoxy groups -OCH3 is 1. The van der Waals surface area contributed by atoms with Crippen LogP contribution in [-0.2, 0) is 9.59 Å². The van der Waals surface area contributed by atoms with Gasteiger partial charge in [-0.05, 0) is 58.8 Å². The molecule has 1 fully saturated rings. The molecule has 0 bridgehead atoms. The van der Waals surface area contributed by atoms with Crippen LogP contribution < -0.4 is 10.1 Å². The van der Waals surface area contributed by atoms with Gasteiger partial charge in [-0.3, -0.25) is 19.3 Å². The number of nitrogens with zero attached hydrogens (tertiary/aromatic N) is 1. The maximum Gasteiger partial charge on any atom is 0.293 e. The van der Waals surface area contributed by atoms with E-state index in [0.717, 1.165) is 39.4 Å². The fourth-order valence-corrected chi connectivity index (χ4v) is 4.49. The van der Waals surface area contributed by atoms with Crippen molar-refractivity contribution in [3.8, 4) is 5.75 Å². The molecule has 1 saturated heterocycles. The van der Waals surface area contributed by atoms with Crippen molar-refractivity contribution in [3.05, 3.63) is 82.8 Å². The van der Waals surface area contributed by atoms with Crippen LogP contribution in [0.25, 0.3) is 16.8 Å². The van der Waals surface area contributed by atoms with Crippen molar-refractivity contribution < 1.29 is 19.1 Å². The number of carbonyl (C=O) groups is 3. The molecule has 0 aromatic heterocycles. The summed E-state index contributed by atoms with van der Waals surface area (Å²) in [6.07, 6.45) is 1.71. The smallest absolute Gasteiger partial charge is 0.293 e. The number of nitrogens with one attached hydrogen (secondary N) is 1. The van der Waals surface area contributed by atoms with Gasteiger partial charge >= 0.3 is 0 Å². The Morgan fingerprint density at radius 3 is 2.55 bits per heavy atom. The molecule has 4 rings (SSSR count). The molecule has 3 aromatic carbocycles. The van der Waals surface area contributed by atoms with Crippen LogP contribution >= 0.6 is 11.8 Å². The van der Waals surface area contributed by atoms with Crippen molar-refractivity contribution in [2.24, 2.45) is 0 Å². The Labute approximate surface area is 196 Å². The lowest BCUT2D eigenvalue weighted by Gasteiger charge is -2.16. The molecule has 3 aromatic rings. The van der Waals surface area contributed by atoms with Crippen LogP contribution in [0, 0.1) is 0 Å². The first-order valence-corrected chi connectivity index (χ1v) is 11.4. The Morgan fingerprint density at radius 1 is 1.06 bits per heavy atom. The molecule has 0 saturated carbocycles. The van der Waals surface area contributed by atoms with Crippen LogP contribution in [0.2, 0.25) is 0 Å². The van der Waals surface area contributed by atoms with E-state index < -0.39 is 0 Å². The normalized spacial score (nSPS) is 15.8. The zero-order chi connectivity index (χ0) is 23.4. The van der Waals surface area contributed by atoms with Gasteiger partial charge in [0, 0.05) is 13.1 Å². The van der Waals surface area contributed by atoms with Crippen molar-refractivity contribution >= 4 is 45.7 Å². The molecular formula is C26H24N2O4S. The van der Waals surface area contributed by atoms with Gasteiger partial charge in [0.25, 0.3) is 11.1 Å². The number of thioether (sulfide) groups is 1. The molecule has 6 nitrogen and oxygen atoms in total. The summed E-state index contributed by atoms with van der Waals surface area (Å²) in [5, 5.41) is 4.58. The molecule has 0 radical (unpaired) electrons. The van der Waals surface area contributed by atoms with Crippen LogP contribution in [0.4, 0.5) is 4.79 Å². The van der Waals surface area contributed by atoms with Crippen molar-refractivity contribution in [1.82, 2.24) is 10.2 Å². The second-order valence-corrected chi connectivity index (χ2v) is 8.72. The van der Waals surface area contributed by atoms with Gasteiger partial charge in [-0.15, -0.1) is 0 Å². The van der Waals surface area contributed by atoms with Gasteiger partial charge in [-0.1, -0.05) is 54.6 Å². The average molecular weight is 461 g/mol. The van der Waals surface area contributed by atoms with Crippen LogP contribution in [0.1, 0.15) is 24.0 Å². The Balaban J connectivity index is 1.35. The van der Waals surface area contributed by atoms with Gasteiger partial charge in [-0.25, -0.2) is 0 Å². The second kappa shape index (κ2) is 9.92. The van der Waals surface area contributed by atoms with Gasteiger partial charge < -0.3 is 10.1 Å². The molecule has 0 aliphatic carbocycles. The summed E-state index contributed by atoms with van der Waals surface area (Å²) in [6, 6.07) is 21.1. The van der Waals surface area contributed by atoms with E-state index in [9.17, 15) is 14.4 Å². The number of imide groups is 1. The van der Waals surface area contributed by atoms with Crippen molar-refractivity contribution in [2.75, 3.05) is 20.2 Å². The quantitative estimate of drug-likeness (QED) is 0.513. The molecule has 33 heavy (non-hydrogen) atoms. The highest BCUT2D eigenvalue weighted by Crippen LogP contribution is 2.32. The van der Waals surface area contributed by atoms with Gasteiger partial charge in [0.05, 0.1) is 17.9 Å². The Kier molecular flexibility index (Phi) is 6.79. The molecule has 0 unspecified atom stereocenters. The van der Waals surface area contributed by atoms with E-state index in [1.165, 1.54) is 4.90 Å². The molecular weight excluding hydrogens is 436 g/mol. The summed E-state index contributed by atoms with van der Waals surface area (Å²) in [5.41, 5.74) is 1.75. The van der Waals surface area contributed by atoms with E-state index in [-0.39, 0.29) is 36.1 Å². The maximum atomic E-state index is 12.7. The number of hydrogen-bond donors (Lipinski definition) is 1. The SMILES string of the molecule is COc1ccc2cc([C@H](C)C(=O)NCCN3C(=O)S/C(=C\c4ccccc4)C3=O)ccc2c1. The summed E-state index contributed by atoms with van der Waals surface area (Å²) < 4.78 is 5.26. The number of amides is 3. The van der Waals surface area contributed by atoms with E-state index in [1.54, 1.807) is 13.2 Å². The molecule has 1 aliphatic heterocycles. The maximum absolute atomic E-state index is 12.7. The zero-order valence-electron chi connectivity index (χ0n) is 18.4. The highest BCUT2D eigenvalue weighted by molar-refractivity contribution is 8.18. The second-order valence-electron chi connectivity index (χ2n) is 7.73. The molecule has 1 N–H and O–H groups in total. The van der Waals surface area contributed by atoms with E-state index in [4.69, 9.17) is 4.74 Å². The average Bonchev–Trinajstić information content (AvgIpc) is 3.10. The summed E-state index contributed by atoms with van der Waals surface area (Å²) in [4.78, 5) is 39.2. The fourth-order valence-electron chi connectivity index (χ4n) is 3.63. The summed E-state index contributed by atoms with van der Waals surface area (Å²) in [6.45, 7) is 2.17. The summed E-state index contributed by atoms with van der Waals surface area (Å²) >= 11 is 0.919. The topological polar surface area (TPSA) is 75.7 Å². The molecule has 0 spiro atoms. The zero-order valence-corrected chi connectivity index (χ0v) is 19.2. The highest BCUT2D eigenvalue weighted by Gasteiger charge is 2.34. The van der Waals surface area contributed by atoms with Crippen LogP contribution in [-0.4, -0.2) is 42.2 Å². The lowest BCUT2D eigenvalue weighted by Crippen LogP contribution is -2.38. The third kappa shape index (κ3) is 5.09. The number of benzene rings is 3. The fraction of sp³-hybridized carbons (Fsp3) is 0.192. The van der Waals surface area contributed by atoms with Gasteiger partial charge in [0.15, 0.2) is 0 Å². The number of rotatable bonds is 7. The van der Waals surface area contributed by atoms with Gasteiger partial charge in [0.1, 0.15) is 5.75 Å². The van der Waals surface area contributed by atoms with E-state index in [0.29, 0.717) is 4.91 Å². The standard InChI is InChI=1S/C26H24N2O4S/c1-17(19-8-9-21-16-22(32-2)11-10-20(21)15-19)24(29)27-12-13-28-25(30)23(33-26(28)31)14-18-6-4-3-5-7-18/h3-11,14-17H,12-13H2,1-2H3,(H,27,29)/b23-14-/t17-/m0/s1.